The molecule has 0 amide bonds. The Morgan fingerprint density at radius 3 is 2.75 bits per heavy atom. The quantitative estimate of drug-likeness (QED) is 0.355. The number of aromatic nitrogens is 3. The maximum Gasteiger partial charge on any atom is 0.573 e. The normalized spacial score (nSPS) is 19.0. The van der Waals surface area contributed by atoms with Gasteiger partial charge < -0.3 is 15.4 Å². The van der Waals surface area contributed by atoms with Crippen LogP contribution in [0.5, 0.6) is 5.75 Å². The van der Waals surface area contributed by atoms with Crippen molar-refractivity contribution >= 4 is 29.9 Å². The minimum absolute atomic E-state index is 0. The van der Waals surface area contributed by atoms with Crippen molar-refractivity contribution in [3.63, 3.8) is 0 Å². The van der Waals surface area contributed by atoms with Gasteiger partial charge in [-0.25, -0.2) is 9.98 Å². The molecular formula is C17H22F3IN6O. The van der Waals surface area contributed by atoms with Gasteiger partial charge >= 0.3 is 6.36 Å². The predicted octanol–water partition coefficient (Wildman–Crippen LogP) is 2.94. The van der Waals surface area contributed by atoms with Crippen molar-refractivity contribution in [1.29, 1.82) is 0 Å². The van der Waals surface area contributed by atoms with Crippen LogP contribution in [0.1, 0.15) is 30.7 Å². The molecule has 1 saturated carbocycles. The minimum atomic E-state index is -4.71. The first kappa shape index (κ1) is 22.2. The second-order valence-electron chi connectivity index (χ2n) is 6.17. The Morgan fingerprint density at radius 1 is 1.36 bits per heavy atom. The molecule has 11 heteroatoms. The zero-order chi connectivity index (χ0) is 19.4. The van der Waals surface area contributed by atoms with Gasteiger partial charge in [-0.2, -0.15) is 5.10 Å². The van der Waals surface area contributed by atoms with Crippen molar-refractivity contribution in [3.8, 4) is 5.75 Å². The standard InChI is InChI=1S/C17H21F3N6O.HI/c1-3-21-16(22-9-15-23-10-24-26(15)2)25-13-8-12(13)11-6-4-5-7-14(11)27-17(18,19)20;/h4-7,10,12-13H,3,8-9H2,1-2H3,(H2,21,22,25);1H. The highest BCUT2D eigenvalue weighted by molar-refractivity contribution is 14.0. The Balaban J connectivity index is 0.00000280. The van der Waals surface area contributed by atoms with E-state index in [1.165, 1.54) is 18.5 Å². The highest BCUT2D eigenvalue weighted by Gasteiger charge is 2.42. The maximum absolute atomic E-state index is 12.6. The fraction of sp³-hybridized carbons (Fsp3) is 0.471. The smallest absolute Gasteiger partial charge is 0.405 e. The topological polar surface area (TPSA) is 76.4 Å². The van der Waals surface area contributed by atoms with E-state index in [-0.39, 0.29) is 41.7 Å². The van der Waals surface area contributed by atoms with Crippen molar-refractivity contribution in [1.82, 2.24) is 25.4 Å². The maximum atomic E-state index is 12.6. The summed E-state index contributed by atoms with van der Waals surface area (Å²) in [6.07, 6.45) is -2.55. The number of aliphatic imine (C=N–C) groups is 1. The second kappa shape index (κ2) is 9.43. The summed E-state index contributed by atoms with van der Waals surface area (Å²) in [4.78, 5) is 8.58. The average molecular weight is 510 g/mol. The number of alkyl halides is 3. The third-order valence-electron chi connectivity index (χ3n) is 4.18. The summed E-state index contributed by atoms with van der Waals surface area (Å²) in [6.45, 7) is 2.95. The lowest BCUT2D eigenvalue weighted by Crippen LogP contribution is -2.39. The van der Waals surface area contributed by atoms with E-state index in [2.05, 4.69) is 30.4 Å². The monoisotopic (exact) mass is 510 g/mol. The number of nitrogens with zero attached hydrogens (tertiary/aromatic N) is 4. The van der Waals surface area contributed by atoms with Gasteiger partial charge in [-0.15, -0.1) is 37.1 Å². The Bertz CT molecular complexity index is 810. The van der Waals surface area contributed by atoms with Crippen LogP contribution in [0.25, 0.3) is 0 Å². The number of aryl methyl sites for hydroxylation is 1. The molecule has 1 aromatic heterocycles. The third-order valence-corrected chi connectivity index (χ3v) is 4.18. The second-order valence-corrected chi connectivity index (χ2v) is 6.17. The molecule has 0 radical (unpaired) electrons. The summed E-state index contributed by atoms with van der Waals surface area (Å²) < 4.78 is 43.6. The summed E-state index contributed by atoms with van der Waals surface area (Å²) in [7, 11) is 1.78. The van der Waals surface area contributed by atoms with Crippen LogP contribution in [-0.4, -0.2) is 39.7 Å². The van der Waals surface area contributed by atoms with Crippen LogP contribution < -0.4 is 15.4 Å². The first-order valence-electron chi connectivity index (χ1n) is 8.59. The van der Waals surface area contributed by atoms with E-state index in [1.54, 1.807) is 23.9 Å². The third kappa shape index (κ3) is 5.97. The minimum Gasteiger partial charge on any atom is -0.405 e. The Labute approximate surface area is 177 Å². The van der Waals surface area contributed by atoms with Crippen molar-refractivity contribution in [2.75, 3.05) is 6.54 Å². The molecule has 0 spiro atoms. The van der Waals surface area contributed by atoms with Crippen LogP contribution in [0.2, 0.25) is 0 Å². The van der Waals surface area contributed by atoms with Crippen LogP contribution >= 0.6 is 24.0 Å². The molecule has 7 nitrogen and oxygen atoms in total. The molecule has 1 fully saturated rings. The molecule has 0 bridgehead atoms. The van der Waals surface area contributed by atoms with Gasteiger partial charge in [-0.3, -0.25) is 4.68 Å². The molecule has 2 aromatic rings. The summed E-state index contributed by atoms with van der Waals surface area (Å²) in [5, 5.41) is 10.4. The van der Waals surface area contributed by atoms with Gasteiger partial charge in [-0.05, 0) is 25.0 Å². The van der Waals surface area contributed by atoms with E-state index >= 15 is 0 Å². The van der Waals surface area contributed by atoms with E-state index in [0.29, 0.717) is 36.9 Å². The fourth-order valence-corrected chi connectivity index (χ4v) is 2.81. The first-order chi connectivity index (χ1) is 12.9. The van der Waals surface area contributed by atoms with Gasteiger partial charge in [0.1, 0.15) is 24.4 Å². The zero-order valence-electron chi connectivity index (χ0n) is 15.4. The van der Waals surface area contributed by atoms with Gasteiger partial charge in [0.15, 0.2) is 5.96 Å². The number of para-hydroxylation sites is 1. The van der Waals surface area contributed by atoms with E-state index in [0.717, 1.165) is 0 Å². The molecule has 0 saturated heterocycles. The number of rotatable bonds is 6. The van der Waals surface area contributed by atoms with E-state index in [4.69, 9.17) is 0 Å². The summed E-state index contributed by atoms with van der Waals surface area (Å²) in [5.41, 5.74) is 0.538. The number of hydrogen-bond donors (Lipinski definition) is 2. The van der Waals surface area contributed by atoms with Gasteiger partial charge in [0.25, 0.3) is 0 Å². The summed E-state index contributed by atoms with van der Waals surface area (Å²) >= 11 is 0. The number of guanidine groups is 1. The van der Waals surface area contributed by atoms with E-state index in [9.17, 15) is 13.2 Å². The Morgan fingerprint density at radius 2 is 2.11 bits per heavy atom. The van der Waals surface area contributed by atoms with Gasteiger partial charge in [0.05, 0.1) is 0 Å². The first-order valence-corrected chi connectivity index (χ1v) is 8.59. The van der Waals surface area contributed by atoms with Crippen LogP contribution in [0.15, 0.2) is 35.6 Å². The van der Waals surface area contributed by atoms with Crippen molar-refractivity contribution in [3.05, 3.63) is 42.0 Å². The molecule has 1 aliphatic rings. The lowest BCUT2D eigenvalue weighted by atomic mass is 10.1. The van der Waals surface area contributed by atoms with E-state index < -0.39 is 6.36 Å². The van der Waals surface area contributed by atoms with Crippen molar-refractivity contribution in [2.24, 2.45) is 12.0 Å². The Kier molecular flexibility index (Phi) is 7.49. The lowest BCUT2D eigenvalue weighted by Gasteiger charge is -2.14. The van der Waals surface area contributed by atoms with Gasteiger partial charge in [0, 0.05) is 25.6 Å². The largest absolute Gasteiger partial charge is 0.573 e. The van der Waals surface area contributed by atoms with Crippen molar-refractivity contribution < 1.29 is 17.9 Å². The number of benzene rings is 1. The molecule has 3 rings (SSSR count). The highest BCUT2D eigenvalue weighted by atomic mass is 127. The number of nitrogens with one attached hydrogen (secondary N) is 2. The van der Waals surface area contributed by atoms with Gasteiger partial charge in [-0.1, -0.05) is 18.2 Å². The zero-order valence-corrected chi connectivity index (χ0v) is 17.7. The Hall–Kier alpha value is -2.05. The van der Waals surface area contributed by atoms with Crippen LogP contribution in [0.3, 0.4) is 0 Å². The number of hydrogen-bond acceptors (Lipinski definition) is 4. The molecule has 1 aromatic carbocycles. The molecule has 0 aliphatic heterocycles. The molecule has 28 heavy (non-hydrogen) atoms. The molecule has 1 heterocycles. The van der Waals surface area contributed by atoms with E-state index in [1.807, 2.05) is 6.92 Å². The van der Waals surface area contributed by atoms with Crippen LogP contribution in [0, 0.1) is 0 Å². The molecule has 1 aliphatic carbocycles. The molecule has 154 valence electrons. The lowest BCUT2D eigenvalue weighted by molar-refractivity contribution is -0.274. The molecule has 2 atom stereocenters. The summed E-state index contributed by atoms with van der Waals surface area (Å²) in [5.74, 6) is 1.08. The highest BCUT2D eigenvalue weighted by Crippen LogP contribution is 2.45. The summed E-state index contributed by atoms with van der Waals surface area (Å²) in [6, 6.07) is 6.23. The fourth-order valence-electron chi connectivity index (χ4n) is 2.81. The SMILES string of the molecule is CCNC(=NCc1ncnn1C)NC1CC1c1ccccc1OC(F)(F)F.I. The number of ether oxygens (including phenoxy) is 1. The van der Waals surface area contributed by atoms with Crippen LogP contribution in [-0.2, 0) is 13.6 Å². The molecular weight excluding hydrogens is 488 g/mol. The van der Waals surface area contributed by atoms with Crippen LogP contribution in [0.4, 0.5) is 13.2 Å². The molecule has 2 unspecified atom stereocenters. The average Bonchev–Trinajstić information content (AvgIpc) is 3.23. The van der Waals surface area contributed by atoms with Crippen molar-refractivity contribution in [2.45, 2.75) is 38.2 Å². The van der Waals surface area contributed by atoms with Gasteiger partial charge in [0.2, 0.25) is 0 Å². The predicted molar refractivity (Wildman–Crippen MR) is 109 cm³/mol. The molecule has 2 N–H and O–H groups in total. The number of halogens is 4.